The molecule has 0 saturated heterocycles. The predicted molar refractivity (Wildman–Crippen MR) is 52.9 cm³/mol. The van der Waals surface area contributed by atoms with Crippen LogP contribution in [0.3, 0.4) is 0 Å². The molecule has 5 heteroatoms. The molecule has 1 rings (SSSR count). The predicted octanol–water partition coefficient (Wildman–Crippen LogP) is 0.599. The van der Waals surface area contributed by atoms with Crippen LogP contribution in [0.25, 0.3) is 0 Å². The molecule has 78 valence electrons. The molecule has 0 amide bonds. The summed E-state index contributed by atoms with van der Waals surface area (Å²) in [5.41, 5.74) is 3.92. The molecule has 1 atom stereocenters. The minimum atomic E-state index is -0.170. The summed E-state index contributed by atoms with van der Waals surface area (Å²) in [6.07, 6.45) is 0. The van der Waals surface area contributed by atoms with Crippen molar-refractivity contribution in [2.24, 2.45) is 0 Å². The summed E-state index contributed by atoms with van der Waals surface area (Å²) in [4.78, 5) is 23.2. The fourth-order valence-electron chi connectivity index (χ4n) is 1.48. The van der Waals surface area contributed by atoms with E-state index in [4.69, 9.17) is 4.84 Å². The summed E-state index contributed by atoms with van der Waals surface area (Å²) >= 11 is 0. The summed E-state index contributed by atoms with van der Waals surface area (Å²) in [7, 11) is 1.52. The minimum absolute atomic E-state index is 0.118. The van der Waals surface area contributed by atoms with Crippen molar-refractivity contribution in [3.8, 4) is 0 Å². The van der Waals surface area contributed by atoms with Crippen molar-refractivity contribution in [1.29, 1.82) is 0 Å². The van der Waals surface area contributed by atoms with Crippen molar-refractivity contribution < 1.29 is 4.84 Å². The molecular weight excluding hydrogens is 182 g/mol. The lowest BCUT2D eigenvalue weighted by molar-refractivity contribution is 0.0651. The Morgan fingerprint density at radius 3 is 2.64 bits per heavy atom. The van der Waals surface area contributed by atoms with Gasteiger partial charge in [-0.05, 0) is 20.8 Å². The second-order valence-corrected chi connectivity index (χ2v) is 3.19. The Labute approximate surface area is 82.5 Å². The number of aromatic nitrogens is 2. The number of nitrogens with zero attached hydrogens (tertiary/aromatic N) is 1. The van der Waals surface area contributed by atoms with E-state index in [9.17, 15) is 4.79 Å². The maximum atomic E-state index is 11.6. The van der Waals surface area contributed by atoms with Crippen LogP contribution < -0.4 is 11.0 Å². The molecule has 0 aliphatic carbocycles. The first-order chi connectivity index (χ1) is 6.56. The highest BCUT2D eigenvalue weighted by Gasteiger charge is 2.13. The quantitative estimate of drug-likeness (QED) is 0.696. The standard InChI is InChI=1S/C9H15N3O2/c1-5-8(6(2)12-14-4)9(13)11-7(3)10-5/h6,12H,1-4H3,(H,10,11,13). The second kappa shape index (κ2) is 4.34. The molecule has 0 bridgehead atoms. The fraction of sp³-hybridized carbons (Fsp3) is 0.556. The van der Waals surface area contributed by atoms with Crippen molar-refractivity contribution >= 4 is 0 Å². The van der Waals surface area contributed by atoms with E-state index in [-0.39, 0.29) is 11.6 Å². The monoisotopic (exact) mass is 197 g/mol. The lowest BCUT2D eigenvalue weighted by atomic mass is 10.1. The lowest BCUT2D eigenvalue weighted by Crippen LogP contribution is -2.27. The maximum Gasteiger partial charge on any atom is 0.255 e. The number of aryl methyl sites for hydroxylation is 2. The van der Waals surface area contributed by atoms with Gasteiger partial charge in [0, 0.05) is 5.69 Å². The van der Waals surface area contributed by atoms with Gasteiger partial charge in [0.2, 0.25) is 0 Å². The second-order valence-electron chi connectivity index (χ2n) is 3.19. The summed E-state index contributed by atoms with van der Waals surface area (Å²) in [5, 5.41) is 0. The topological polar surface area (TPSA) is 67.0 Å². The van der Waals surface area contributed by atoms with Gasteiger partial charge in [0.25, 0.3) is 5.56 Å². The number of hydrogen-bond donors (Lipinski definition) is 2. The molecule has 1 heterocycles. The van der Waals surface area contributed by atoms with Gasteiger partial charge in [-0.15, -0.1) is 0 Å². The number of rotatable bonds is 3. The van der Waals surface area contributed by atoms with Crippen LogP contribution in [0.2, 0.25) is 0 Å². The van der Waals surface area contributed by atoms with Crippen LogP contribution in [-0.4, -0.2) is 17.1 Å². The molecule has 0 saturated carbocycles. The van der Waals surface area contributed by atoms with Crippen molar-refractivity contribution in [2.75, 3.05) is 7.11 Å². The van der Waals surface area contributed by atoms with Gasteiger partial charge >= 0.3 is 0 Å². The number of H-pyrrole nitrogens is 1. The van der Waals surface area contributed by atoms with Gasteiger partial charge in [-0.25, -0.2) is 4.98 Å². The van der Waals surface area contributed by atoms with E-state index >= 15 is 0 Å². The summed E-state index contributed by atoms with van der Waals surface area (Å²) in [6.45, 7) is 5.41. The number of nitrogens with one attached hydrogen (secondary N) is 2. The van der Waals surface area contributed by atoms with E-state index in [1.807, 2.05) is 13.8 Å². The maximum absolute atomic E-state index is 11.6. The van der Waals surface area contributed by atoms with Crippen molar-refractivity contribution in [1.82, 2.24) is 15.4 Å². The Balaban J connectivity index is 3.14. The Morgan fingerprint density at radius 1 is 1.50 bits per heavy atom. The highest BCUT2D eigenvalue weighted by molar-refractivity contribution is 5.19. The molecule has 5 nitrogen and oxygen atoms in total. The lowest BCUT2D eigenvalue weighted by Gasteiger charge is -2.13. The van der Waals surface area contributed by atoms with E-state index < -0.39 is 0 Å². The van der Waals surface area contributed by atoms with E-state index in [1.54, 1.807) is 6.92 Å². The summed E-state index contributed by atoms with van der Waals surface area (Å²) < 4.78 is 0. The first-order valence-corrected chi connectivity index (χ1v) is 4.42. The molecule has 1 unspecified atom stereocenters. The largest absolute Gasteiger partial charge is 0.310 e. The molecule has 0 spiro atoms. The average Bonchev–Trinajstić information content (AvgIpc) is 2.01. The number of hydroxylamine groups is 1. The first-order valence-electron chi connectivity index (χ1n) is 4.42. The zero-order valence-corrected chi connectivity index (χ0v) is 8.84. The van der Waals surface area contributed by atoms with Gasteiger partial charge < -0.3 is 9.82 Å². The highest BCUT2D eigenvalue weighted by Crippen LogP contribution is 2.09. The SMILES string of the molecule is CONC(C)c1c(C)nc(C)[nH]c1=O. The highest BCUT2D eigenvalue weighted by atomic mass is 16.6. The molecule has 0 aliphatic heterocycles. The number of aromatic amines is 1. The van der Waals surface area contributed by atoms with Crippen molar-refractivity contribution in [3.63, 3.8) is 0 Å². The molecule has 0 radical (unpaired) electrons. The molecular formula is C9H15N3O2. The van der Waals surface area contributed by atoms with Crippen molar-refractivity contribution in [3.05, 3.63) is 27.4 Å². The third-order valence-corrected chi connectivity index (χ3v) is 1.99. The zero-order chi connectivity index (χ0) is 10.7. The van der Waals surface area contributed by atoms with Gasteiger partial charge in [-0.2, -0.15) is 5.48 Å². The summed E-state index contributed by atoms with van der Waals surface area (Å²) in [5.74, 6) is 0.626. The van der Waals surface area contributed by atoms with Crippen LogP contribution in [0.5, 0.6) is 0 Å². The third-order valence-electron chi connectivity index (χ3n) is 1.99. The minimum Gasteiger partial charge on any atom is -0.310 e. The van der Waals surface area contributed by atoms with Crippen LogP contribution in [0.4, 0.5) is 0 Å². The van der Waals surface area contributed by atoms with Crippen molar-refractivity contribution in [2.45, 2.75) is 26.8 Å². The van der Waals surface area contributed by atoms with Gasteiger partial charge in [0.1, 0.15) is 5.82 Å². The van der Waals surface area contributed by atoms with Gasteiger partial charge in [-0.1, -0.05) is 0 Å². The van der Waals surface area contributed by atoms with Crippen LogP contribution in [0.1, 0.15) is 30.0 Å². The molecule has 0 fully saturated rings. The Kier molecular flexibility index (Phi) is 3.38. The fourth-order valence-corrected chi connectivity index (χ4v) is 1.48. The van der Waals surface area contributed by atoms with Gasteiger partial charge in [-0.3, -0.25) is 4.79 Å². The molecule has 1 aromatic rings. The van der Waals surface area contributed by atoms with Crippen LogP contribution >= 0.6 is 0 Å². The molecule has 14 heavy (non-hydrogen) atoms. The summed E-state index contributed by atoms with van der Waals surface area (Å²) in [6, 6.07) is -0.170. The number of hydrogen-bond acceptors (Lipinski definition) is 4. The Morgan fingerprint density at radius 2 is 2.14 bits per heavy atom. The van der Waals surface area contributed by atoms with Gasteiger partial charge in [0.05, 0.1) is 18.7 Å². The Bertz CT molecular complexity index is 373. The van der Waals surface area contributed by atoms with E-state index in [1.165, 1.54) is 7.11 Å². The van der Waals surface area contributed by atoms with E-state index in [2.05, 4.69) is 15.4 Å². The molecule has 1 aromatic heterocycles. The first kappa shape index (κ1) is 10.9. The van der Waals surface area contributed by atoms with Crippen LogP contribution in [0.15, 0.2) is 4.79 Å². The van der Waals surface area contributed by atoms with Crippen LogP contribution in [0, 0.1) is 13.8 Å². The van der Waals surface area contributed by atoms with E-state index in [0.717, 1.165) is 5.69 Å². The van der Waals surface area contributed by atoms with Gasteiger partial charge in [0.15, 0.2) is 0 Å². The zero-order valence-electron chi connectivity index (χ0n) is 8.84. The molecule has 0 aromatic carbocycles. The molecule has 0 aliphatic rings. The normalized spacial score (nSPS) is 12.9. The molecule has 2 N–H and O–H groups in total. The Hall–Kier alpha value is -1.20. The smallest absolute Gasteiger partial charge is 0.255 e. The van der Waals surface area contributed by atoms with E-state index in [0.29, 0.717) is 11.4 Å². The average molecular weight is 197 g/mol. The van der Waals surface area contributed by atoms with Crippen LogP contribution in [-0.2, 0) is 4.84 Å². The third kappa shape index (κ3) is 2.18.